The van der Waals surface area contributed by atoms with Crippen LogP contribution in [0, 0.1) is 6.92 Å². The molecule has 0 radical (unpaired) electrons. The van der Waals surface area contributed by atoms with E-state index < -0.39 is 17.2 Å². The summed E-state index contributed by atoms with van der Waals surface area (Å²) in [7, 11) is 1.27. The first-order valence-corrected chi connectivity index (χ1v) is 12.7. The highest BCUT2D eigenvalue weighted by Crippen LogP contribution is 2.22. The maximum absolute atomic E-state index is 12.8. The molecule has 9 nitrogen and oxygen atoms in total. The number of anilines is 1. The number of nitrogens with zero attached hydrogens (tertiary/aromatic N) is 3. The molecule has 0 aliphatic carbocycles. The first kappa shape index (κ1) is 26.2. The van der Waals surface area contributed by atoms with Crippen LogP contribution in [-0.2, 0) is 16.1 Å². The van der Waals surface area contributed by atoms with Crippen LogP contribution in [0.15, 0.2) is 52.1 Å². The number of unbranched alkanes of at least 4 members (excludes halogenated alkanes) is 2. The number of esters is 1. The molecular formula is C28H34N4O5. The molecule has 1 atom stereocenters. The highest BCUT2D eigenvalue weighted by atomic mass is 16.5. The number of carbonyl (C=O) groups is 2. The van der Waals surface area contributed by atoms with Crippen molar-refractivity contribution in [2.45, 2.75) is 52.1 Å². The number of piperazine rings is 1. The van der Waals surface area contributed by atoms with Crippen molar-refractivity contribution in [1.82, 2.24) is 14.5 Å². The van der Waals surface area contributed by atoms with Crippen molar-refractivity contribution >= 4 is 28.5 Å². The Hall–Kier alpha value is -3.88. The van der Waals surface area contributed by atoms with Crippen molar-refractivity contribution in [3.63, 3.8) is 0 Å². The number of fused-ring (bicyclic) bond motifs is 1. The van der Waals surface area contributed by atoms with E-state index in [1.54, 1.807) is 0 Å². The van der Waals surface area contributed by atoms with Crippen LogP contribution in [0.3, 0.4) is 0 Å². The molecular weight excluding hydrogens is 472 g/mol. The number of amides is 1. The second-order valence-corrected chi connectivity index (χ2v) is 9.67. The van der Waals surface area contributed by atoms with Gasteiger partial charge in [-0.05, 0) is 62.6 Å². The number of nitrogens with one attached hydrogen (secondary N) is 1. The third kappa shape index (κ3) is 5.93. The summed E-state index contributed by atoms with van der Waals surface area (Å²) in [6.07, 6.45) is 2.50. The van der Waals surface area contributed by atoms with Gasteiger partial charge in [0.05, 0.1) is 23.6 Å². The number of hydrogen-bond donors (Lipinski definition) is 1. The van der Waals surface area contributed by atoms with Crippen molar-refractivity contribution in [3.8, 4) is 0 Å². The third-order valence-electron chi connectivity index (χ3n) is 6.99. The molecule has 0 bridgehead atoms. The monoisotopic (exact) mass is 506 g/mol. The molecule has 3 aromatic rings. The van der Waals surface area contributed by atoms with Crippen molar-refractivity contribution in [1.29, 1.82) is 0 Å². The largest absolute Gasteiger partial charge is 0.465 e. The van der Waals surface area contributed by atoms with Gasteiger partial charge in [0.1, 0.15) is 0 Å². The maximum atomic E-state index is 12.8. The van der Waals surface area contributed by atoms with E-state index in [1.807, 2.05) is 4.90 Å². The van der Waals surface area contributed by atoms with Gasteiger partial charge in [-0.15, -0.1) is 0 Å². The molecule has 1 aliphatic rings. The first-order chi connectivity index (χ1) is 17.8. The molecule has 1 aliphatic heterocycles. The number of rotatable bonds is 8. The smallest absolute Gasteiger partial charge is 0.337 e. The summed E-state index contributed by atoms with van der Waals surface area (Å²) in [5, 5.41) is 0.335. The Bertz CT molecular complexity index is 1410. The summed E-state index contributed by atoms with van der Waals surface area (Å²) in [6.45, 7) is 6.72. The zero-order valence-electron chi connectivity index (χ0n) is 21.7. The molecule has 1 amide bonds. The van der Waals surface area contributed by atoms with E-state index in [0.29, 0.717) is 43.3 Å². The molecule has 196 valence electrons. The summed E-state index contributed by atoms with van der Waals surface area (Å²) in [5.74, 6) is -0.387. The van der Waals surface area contributed by atoms with E-state index in [0.717, 1.165) is 13.0 Å². The number of H-pyrrole nitrogens is 1. The number of benzene rings is 2. The molecule has 1 aromatic heterocycles. The number of ether oxygens (including phenoxy) is 1. The van der Waals surface area contributed by atoms with Crippen molar-refractivity contribution < 1.29 is 14.3 Å². The van der Waals surface area contributed by atoms with Gasteiger partial charge in [0.15, 0.2) is 0 Å². The van der Waals surface area contributed by atoms with Crippen molar-refractivity contribution in [3.05, 3.63) is 74.4 Å². The molecule has 2 aromatic carbocycles. The normalized spacial score (nSPS) is 15.7. The average molecular weight is 507 g/mol. The number of aromatic nitrogens is 2. The molecule has 0 unspecified atom stereocenters. The van der Waals surface area contributed by atoms with E-state index >= 15 is 0 Å². The van der Waals surface area contributed by atoms with Crippen LogP contribution in [0.2, 0.25) is 0 Å². The Kier molecular flexibility index (Phi) is 8.11. The number of aromatic amines is 1. The lowest BCUT2D eigenvalue weighted by molar-refractivity contribution is -0.132. The lowest BCUT2D eigenvalue weighted by Gasteiger charge is -2.41. The number of methoxy groups -OCH3 is 1. The van der Waals surface area contributed by atoms with E-state index in [9.17, 15) is 19.2 Å². The molecule has 1 saturated heterocycles. The predicted molar refractivity (Wildman–Crippen MR) is 143 cm³/mol. The highest BCUT2D eigenvalue weighted by molar-refractivity contribution is 5.93. The Morgan fingerprint density at radius 1 is 1.05 bits per heavy atom. The molecule has 0 saturated carbocycles. The summed E-state index contributed by atoms with van der Waals surface area (Å²) < 4.78 is 5.86. The van der Waals surface area contributed by atoms with E-state index in [-0.39, 0.29) is 24.1 Å². The summed E-state index contributed by atoms with van der Waals surface area (Å²) in [4.78, 5) is 56.8. The number of hydrogen-bond acceptors (Lipinski definition) is 6. The summed E-state index contributed by atoms with van der Waals surface area (Å²) in [6, 6.07) is 13.2. The van der Waals surface area contributed by atoms with Gasteiger partial charge in [-0.2, -0.15) is 0 Å². The highest BCUT2D eigenvalue weighted by Gasteiger charge is 2.26. The van der Waals surface area contributed by atoms with Gasteiger partial charge in [-0.3, -0.25) is 14.2 Å². The Labute approximate surface area is 215 Å². The molecule has 1 fully saturated rings. The molecule has 2 heterocycles. The Morgan fingerprint density at radius 2 is 1.86 bits per heavy atom. The van der Waals surface area contributed by atoms with Gasteiger partial charge in [0.25, 0.3) is 5.56 Å². The predicted octanol–water partition coefficient (Wildman–Crippen LogP) is 3.08. The SMILES string of the molecule is COC(=O)c1ccc2c(=O)n(CCCCCC(=O)N3CCN(c4cccc(C)c4)[C@@H](C)C3)c(=O)[nH]c2c1. The maximum Gasteiger partial charge on any atom is 0.337 e. The fraction of sp³-hybridized carbons (Fsp3) is 0.429. The summed E-state index contributed by atoms with van der Waals surface area (Å²) >= 11 is 0. The van der Waals surface area contributed by atoms with E-state index in [2.05, 4.69) is 52.7 Å². The topological polar surface area (TPSA) is 105 Å². The molecule has 0 spiro atoms. The van der Waals surface area contributed by atoms with Crippen LogP contribution in [0.25, 0.3) is 10.9 Å². The number of aryl methyl sites for hydroxylation is 1. The molecule has 9 heteroatoms. The minimum absolute atomic E-state index is 0.151. The van der Waals surface area contributed by atoms with Gasteiger partial charge >= 0.3 is 11.7 Å². The number of carbonyl (C=O) groups excluding carboxylic acids is 2. The minimum atomic E-state index is -0.538. The quantitative estimate of drug-likeness (QED) is 0.372. The summed E-state index contributed by atoms with van der Waals surface area (Å²) in [5.41, 5.74) is 2.07. The molecule has 1 N–H and O–H groups in total. The standard InChI is InChI=1S/C28H34N4O5/c1-19-8-7-9-22(16-19)31-15-14-30(18-20(31)2)25(33)10-5-4-6-13-32-26(34)23-12-11-21(27(35)37-3)17-24(23)29-28(32)36/h7-9,11-12,16-17,20H,4-6,10,13-15,18H2,1-3H3,(H,29,36)/t20-/m0/s1. The Balaban J connectivity index is 1.27. The van der Waals surface area contributed by atoms with Crippen LogP contribution >= 0.6 is 0 Å². The van der Waals surface area contributed by atoms with Gasteiger partial charge in [0, 0.05) is 44.3 Å². The molecule has 4 rings (SSSR count). The van der Waals surface area contributed by atoms with Crippen LogP contribution in [0.5, 0.6) is 0 Å². The van der Waals surface area contributed by atoms with Crippen LogP contribution in [0.4, 0.5) is 5.69 Å². The minimum Gasteiger partial charge on any atom is -0.465 e. The van der Waals surface area contributed by atoms with Gasteiger partial charge in [-0.1, -0.05) is 18.6 Å². The van der Waals surface area contributed by atoms with Crippen molar-refractivity contribution in [2.75, 3.05) is 31.6 Å². The van der Waals surface area contributed by atoms with Crippen LogP contribution in [0.1, 0.15) is 48.5 Å². The Morgan fingerprint density at radius 3 is 2.59 bits per heavy atom. The lowest BCUT2D eigenvalue weighted by Crippen LogP contribution is -2.53. The van der Waals surface area contributed by atoms with E-state index in [4.69, 9.17) is 0 Å². The van der Waals surface area contributed by atoms with Crippen LogP contribution < -0.4 is 16.1 Å². The second kappa shape index (κ2) is 11.5. The lowest BCUT2D eigenvalue weighted by atomic mass is 10.1. The fourth-order valence-electron chi connectivity index (χ4n) is 4.96. The third-order valence-corrected chi connectivity index (χ3v) is 6.99. The first-order valence-electron chi connectivity index (χ1n) is 12.7. The fourth-order valence-corrected chi connectivity index (χ4v) is 4.96. The molecule has 37 heavy (non-hydrogen) atoms. The second-order valence-electron chi connectivity index (χ2n) is 9.67. The zero-order chi connectivity index (χ0) is 26.5. The zero-order valence-corrected chi connectivity index (χ0v) is 21.7. The van der Waals surface area contributed by atoms with Gasteiger partial charge < -0.3 is 19.5 Å². The average Bonchev–Trinajstić information content (AvgIpc) is 2.89. The van der Waals surface area contributed by atoms with Crippen molar-refractivity contribution in [2.24, 2.45) is 0 Å². The van der Waals surface area contributed by atoms with E-state index in [1.165, 1.54) is 41.1 Å². The van der Waals surface area contributed by atoms with Gasteiger partial charge in [-0.25, -0.2) is 9.59 Å². The van der Waals surface area contributed by atoms with Gasteiger partial charge in [0.2, 0.25) is 5.91 Å². The van der Waals surface area contributed by atoms with Crippen LogP contribution in [-0.4, -0.2) is 59.1 Å².